The Kier molecular flexibility index (Phi) is 31.2. The highest BCUT2D eigenvalue weighted by Crippen LogP contribution is 2.60. The summed E-state index contributed by atoms with van der Waals surface area (Å²) >= 11 is 28.5. The van der Waals surface area contributed by atoms with Crippen LogP contribution in [0.15, 0.2) is 58.7 Å². The molecule has 18 rings (SSSR count). The van der Waals surface area contributed by atoms with Gasteiger partial charge >= 0.3 is 40.9 Å². The van der Waals surface area contributed by atoms with Gasteiger partial charge in [0.1, 0.15) is 115 Å². The number of H-pyrrole nitrogens is 3. The molecule has 0 aromatic carbocycles. The summed E-state index contributed by atoms with van der Waals surface area (Å²) in [5.74, 6) is -0.545. The van der Waals surface area contributed by atoms with Crippen molar-refractivity contribution in [1.29, 1.82) is 0 Å². The van der Waals surface area contributed by atoms with E-state index in [1.54, 1.807) is 0 Å². The number of thioether (sulfide) groups is 1. The van der Waals surface area contributed by atoms with Crippen LogP contribution in [0.5, 0.6) is 0 Å². The Morgan fingerprint density at radius 3 is 1.36 bits per heavy atom. The number of anilines is 6. The van der Waals surface area contributed by atoms with Gasteiger partial charge < -0.3 is 110 Å². The van der Waals surface area contributed by atoms with E-state index in [0.717, 1.165) is 63.5 Å². The standard InChI is InChI=1S/2C21H26F2N10O9P2S2.C19H22F2N12O8P2S3/c2*1-37-43(35,45)39-4-10-11(23)14(20(41-10)33-7-29-13-17(33)30-21(25)31-18(13)34)42-44(36,46)38-3-8-2-9(22)19(40-8)32-6-28-12-15(24)26-5-27-16(12)32;1-37-11-5(40-17(8(11)21)32-14-9(28-30-32)13(22)24-4-25-14)2-39-43(36,45)41-12-7(20)6(3-38-42(35)44)46-18(12)33-15-10(29-31-33)16(34)27-19(23)26-15/h2*5-11,14,19-20H,2-4H2,1H3,(H,35,45)(H,36,46)(H2,24,26,27)(H3,25,30,31,34);4-8,11-12,17-18H,2-3H2,1H3,(H6-,22,23,24,25,26,27,30,31,34,35,36,44,45)/p+1/t2*8-,9-,10+,11+,14+,19+,20+,43?,44?;5-,6-,7-,8+,11-,12-,17-,18-,43?/m001/s1. The Labute approximate surface area is 800 Å². The molecule has 0 bridgehead atoms. The van der Waals surface area contributed by atoms with E-state index in [1.165, 1.54) is 41.6 Å². The smallest absolute Gasteiger partial charge is 0.382 e. The number of hydrogen-bond acceptors (Lipinski definition) is 50. The van der Waals surface area contributed by atoms with Crippen molar-refractivity contribution in [1.82, 2.24) is 128 Å². The van der Waals surface area contributed by atoms with E-state index in [-0.39, 0.29) is 122 Å². The molecule has 19 N–H and O–H groups in total. The van der Waals surface area contributed by atoms with E-state index in [2.05, 4.69) is 125 Å². The van der Waals surface area contributed by atoms with Crippen LogP contribution < -0.4 is 51.1 Å². The minimum Gasteiger partial charge on any atom is -0.382 e. The van der Waals surface area contributed by atoms with Gasteiger partial charge in [0, 0.05) is 34.2 Å². The highest BCUT2D eigenvalue weighted by atomic mass is 32.7. The minimum absolute atomic E-state index is 0.0265. The van der Waals surface area contributed by atoms with E-state index >= 15 is 26.3 Å². The molecule has 0 aliphatic carbocycles. The van der Waals surface area contributed by atoms with E-state index in [0.29, 0.717) is 0 Å². The van der Waals surface area contributed by atoms with Crippen molar-refractivity contribution in [3.63, 3.8) is 0 Å². The zero-order valence-corrected chi connectivity index (χ0v) is 81.0. The van der Waals surface area contributed by atoms with Gasteiger partial charge in [-0.05, 0) is 51.8 Å². The minimum atomic E-state index is -4.44. The molecular formula is C61H75F6N32O26P6S7+. The van der Waals surface area contributed by atoms with Crippen molar-refractivity contribution in [3.05, 3.63) is 75.4 Å². The van der Waals surface area contributed by atoms with Gasteiger partial charge in [-0.25, -0.2) is 85.4 Å². The fourth-order valence-corrected chi connectivity index (χ4v) is 22.5. The molecule has 748 valence electrons. The molecule has 77 heteroatoms. The topological polar surface area (TPSA) is 775 Å². The third-order valence-electron chi connectivity index (χ3n) is 21.1. The molecular weight excluding hydrogens is 2120 g/mol. The van der Waals surface area contributed by atoms with Crippen LogP contribution in [0.2, 0.25) is 0 Å². The molecule has 0 radical (unpaired) electrons. The molecule has 0 amide bonds. The SMILES string of the molecule is COP(O)(=S)OC[C@H]1O[C@@H](n2cnc3c(=O)[nH]c(N)nc32)[C@H](OP(=O)(S)OC[C@@H]2C[C@H](F)[C@H](n3cnc4c(N)ncnc43)O2)[C@@H]1F.COP(O)(=S)OC[C@H]1O[C@@H](n2cnc3c(=O)[nH]c(N)nc32)[C@H](OP(O)(=S)OC[C@@H]2C[C@H](F)[C@H](n3cnc4c(N)ncnc43)O2)[C@@H]1F.CO[C@H]1[C@H](F)[C@H](n2nnc3c(N)ncnc32)O[C@@H]1COP(O)(=S)O[C@@H]1[C@H](F)[C@@H](CO[P+](=O)S)S[C@H]1n1nnc2c(=O)[nH]c(N)nc21. The number of aromatic amines is 3. The lowest BCUT2D eigenvalue weighted by atomic mass is 10.1. The van der Waals surface area contributed by atoms with Crippen LogP contribution in [0.3, 0.4) is 0 Å². The molecule has 18 heterocycles. The highest BCUT2D eigenvalue weighted by molar-refractivity contribution is 8.44. The molecule has 0 saturated carbocycles. The van der Waals surface area contributed by atoms with Gasteiger partial charge in [0.15, 0.2) is 123 Å². The third-order valence-corrected chi connectivity index (χ3v) is 31.5. The summed E-state index contributed by atoms with van der Waals surface area (Å²) in [6, 6.07) is 0. The first kappa shape index (κ1) is 103. The Hall–Kier alpha value is -7.92. The number of thiol groups is 2. The first-order valence-electron chi connectivity index (χ1n) is 39.3. The van der Waals surface area contributed by atoms with Crippen molar-refractivity contribution < 1.29 is 133 Å². The van der Waals surface area contributed by atoms with Gasteiger partial charge in [-0.15, -0.1) is 26.5 Å². The molecule has 6 unspecified atom stereocenters. The van der Waals surface area contributed by atoms with Crippen LogP contribution >= 0.6 is 77.2 Å². The Morgan fingerprint density at radius 1 is 0.464 bits per heavy atom. The predicted octanol–water partition coefficient (Wildman–Crippen LogP) is 2.13. The maximum atomic E-state index is 15.9. The molecule has 0 spiro atoms. The zero-order chi connectivity index (χ0) is 98.8. The van der Waals surface area contributed by atoms with Crippen molar-refractivity contribution in [3.8, 4) is 0 Å². The Bertz CT molecular complexity index is 6730. The second kappa shape index (κ2) is 41.8. The summed E-state index contributed by atoms with van der Waals surface area (Å²) in [5.41, 5.74) is 32.9. The highest BCUT2D eigenvalue weighted by Gasteiger charge is 2.56. The number of nitrogens with zero attached hydrogens (tertiary/aromatic N) is 23. The summed E-state index contributed by atoms with van der Waals surface area (Å²) < 4.78 is 217. The number of ether oxygens (including phenoxy) is 6. The third kappa shape index (κ3) is 22.1. The molecule has 6 aliphatic rings. The fraction of sp³-hybridized carbons (Fsp3) is 0.541. The second-order valence-corrected chi connectivity index (χ2v) is 47.2. The number of alkyl halides is 6. The summed E-state index contributed by atoms with van der Waals surface area (Å²) in [7, 11) is 1.09. The molecule has 6 fully saturated rings. The van der Waals surface area contributed by atoms with Crippen LogP contribution in [-0.2, 0) is 135 Å². The van der Waals surface area contributed by atoms with Gasteiger partial charge in [0.05, 0.1) is 75.8 Å². The first-order chi connectivity index (χ1) is 65.4. The fourth-order valence-electron chi connectivity index (χ4n) is 14.9. The monoisotopic (exact) mass is 2200 g/mol. The molecule has 138 heavy (non-hydrogen) atoms. The number of nitrogens with one attached hydrogen (secondary N) is 3. The average Bonchev–Trinajstić information content (AvgIpc) is 1.61. The van der Waals surface area contributed by atoms with Crippen LogP contribution in [0.4, 0.5) is 61.6 Å². The van der Waals surface area contributed by atoms with Gasteiger partial charge in [0.2, 0.25) is 17.8 Å². The number of aromatic nitrogens is 26. The number of halogens is 6. The molecule has 28 atom stereocenters. The number of nitrogen functional groups attached to an aromatic ring is 6. The quantitative estimate of drug-likeness (QED) is 0.0159. The molecule has 12 aromatic rings. The van der Waals surface area contributed by atoms with Crippen molar-refractivity contribution in [2.24, 2.45) is 0 Å². The van der Waals surface area contributed by atoms with Gasteiger partial charge in [0.25, 0.3) is 16.7 Å². The molecule has 58 nitrogen and oxygen atoms in total. The van der Waals surface area contributed by atoms with Crippen LogP contribution in [0.25, 0.3) is 67.0 Å². The van der Waals surface area contributed by atoms with E-state index in [1.807, 2.05) is 0 Å². The Balaban J connectivity index is 0.000000150. The summed E-state index contributed by atoms with van der Waals surface area (Å²) in [5, 5.41) is 13.3. The molecule has 6 saturated heterocycles. The van der Waals surface area contributed by atoms with Crippen molar-refractivity contribution in [2.75, 3.05) is 95.4 Å². The van der Waals surface area contributed by atoms with E-state index < -0.39 is 224 Å². The average molecular weight is 2200 g/mol. The summed E-state index contributed by atoms with van der Waals surface area (Å²) in [4.78, 5) is 138. The lowest BCUT2D eigenvalue weighted by molar-refractivity contribution is -0.0559. The van der Waals surface area contributed by atoms with Crippen LogP contribution in [0, 0.1) is 0 Å². The number of imidazole rings is 4. The number of methoxy groups -OCH3 is 1. The Morgan fingerprint density at radius 2 is 0.870 bits per heavy atom. The van der Waals surface area contributed by atoms with Crippen molar-refractivity contribution in [2.45, 2.75) is 147 Å². The maximum Gasteiger partial charge on any atom is 0.582 e. The van der Waals surface area contributed by atoms with Gasteiger partial charge in [-0.3, -0.25) is 65.7 Å². The maximum absolute atomic E-state index is 15.9. The normalized spacial score (nSPS) is 29.5. The summed E-state index contributed by atoms with van der Waals surface area (Å²) in [6.07, 6.45) is -21.6. The lowest BCUT2D eigenvalue weighted by Gasteiger charge is -2.26. The second-order valence-electron chi connectivity index (χ2n) is 29.8. The largest absolute Gasteiger partial charge is 0.582 e. The number of hydrogen-bond donors (Lipinski definition) is 15. The van der Waals surface area contributed by atoms with Crippen LogP contribution in [0.1, 0.15) is 49.4 Å². The lowest BCUT2D eigenvalue weighted by Crippen LogP contribution is -2.34. The molecule has 6 aliphatic heterocycles. The van der Waals surface area contributed by atoms with Gasteiger partial charge in [-0.1, -0.05) is 22.7 Å². The van der Waals surface area contributed by atoms with Gasteiger partial charge in [-0.2, -0.15) is 19.6 Å². The number of rotatable bonds is 33. The van der Waals surface area contributed by atoms with E-state index in [9.17, 15) is 43.1 Å². The molecule has 12 aromatic heterocycles. The predicted molar refractivity (Wildman–Crippen MR) is 485 cm³/mol. The van der Waals surface area contributed by atoms with Crippen molar-refractivity contribution >= 4 is 227 Å². The zero-order valence-electron chi connectivity index (χ0n) is 69.8. The summed E-state index contributed by atoms with van der Waals surface area (Å²) in [6.45, 7) is -23.5. The number of fused-ring (bicyclic) bond motifs is 6. The van der Waals surface area contributed by atoms with E-state index in [4.69, 9.17) is 160 Å². The number of nitrogens with two attached hydrogens (primary N) is 6. The van der Waals surface area contributed by atoms with Crippen LogP contribution in [-0.4, -0.2) is 306 Å². The first-order valence-corrected chi connectivity index (χ1v) is 55.6.